The summed E-state index contributed by atoms with van der Waals surface area (Å²) in [6.07, 6.45) is 0. The van der Waals surface area contributed by atoms with Gasteiger partial charge in [-0.3, -0.25) is 0 Å². The average Bonchev–Trinajstić information content (AvgIpc) is 3.09. The molecule has 4 aromatic rings. The highest BCUT2D eigenvalue weighted by molar-refractivity contribution is 6.31. The van der Waals surface area contributed by atoms with Crippen LogP contribution in [0.25, 0.3) is 28.2 Å². The summed E-state index contributed by atoms with van der Waals surface area (Å²) in [5.74, 6) is 0. The lowest BCUT2D eigenvalue weighted by molar-refractivity contribution is 0.891. The van der Waals surface area contributed by atoms with Gasteiger partial charge in [-0.15, -0.1) is 0 Å². The minimum Gasteiger partial charge on any atom is -0.232 e. The van der Waals surface area contributed by atoms with E-state index >= 15 is 0 Å². The van der Waals surface area contributed by atoms with Gasteiger partial charge in [0.25, 0.3) is 0 Å². The number of aryl methyl sites for hydroxylation is 3. The summed E-state index contributed by atoms with van der Waals surface area (Å²) in [7, 11) is 0. The molecule has 0 saturated carbocycles. The van der Waals surface area contributed by atoms with Crippen molar-refractivity contribution in [2.45, 2.75) is 20.8 Å². The van der Waals surface area contributed by atoms with Crippen LogP contribution >= 0.6 is 11.6 Å². The number of hydrogen-bond donors (Lipinski definition) is 0. The summed E-state index contributed by atoms with van der Waals surface area (Å²) in [4.78, 5) is 0. The molecule has 4 rings (SSSR count). The van der Waals surface area contributed by atoms with Gasteiger partial charge < -0.3 is 0 Å². The third-order valence-corrected chi connectivity index (χ3v) is 5.14. The Morgan fingerprint density at radius 1 is 0.741 bits per heavy atom. The van der Waals surface area contributed by atoms with E-state index in [1.54, 1.807) is 0 Å². The Balaban J connectivity index is 1.93. The second-order valence-corrected chi connectivity index (χ2v) is 7.41. The van der Waals surface area contributed by atoms with Crippen molar-refractivity contribution in [2.75, 3.05) is 0 Å². The highest BCUT2D eigenvalue weighted by atomic mass is 35.5. The van der Waals surface area contributed by atoms with Gasteiger partial charge in [0.2, 0.25) is 0 Å². The Kier molecular flexibility index (Phi) is 4.59. The maximum atomic E-state index is 6.39. The van der Waals surface area contributed by atoms with E-state index in [4.69, 9.17) is 16.7 Å². The summed E-state index contributed by atoms with van der Waals surface area (Å²) < 4.78 is 1.98. The first-order chi connectivity index (χ1) is 13.0. The third-order valence-electron chi connectivity index (χ3n) is 4.74. The van der Waals surface area contributed by atoms with Crippen LogP contribution < -0.4 is 0 Å². The highest BCUT2D eigenvalue weighted by Gasteiger charge is 2.14. The molecule has 0 saturated heterocycles. The Hall–Kier alpha value is -2.84. The van der Waals surface area contributed by atoms with E-state index in [9.17, 15) is 0 Å². The molecule has 0 unspecified atom stereocenters. The number of halogens is 1. The zero-order valence-electron chi connectivity index (χ0n) is 15.7. The third kappa shape index (κ3) is 3.54. The summed E-state index contributed by atoms with van der Waals surface area (Å²) in [6, 6.07) is 25.1. The van der Waals surface area contributed by atoms with Crippen molar-refractivity contribution in [2.24, 2.45) is 0 Å². The van der Waals surface area contributed by atoms with Crippen molar-refractivity contribution < 1.29 is 0 Å². The molecule has 0 N–H and O–H groups in total. The molecule has 3 aromatic carbocycles. The first kappa shape index (κ1) is 17.6. The van der Waals surface area contributed by atoms with Crippen molar-refractivity contribution in [1.82, 2.24) is 9.78 Å². The van der Waals surface area contributed by atoms with Crippen molar-refractivity contribution in [3.05, 3.63) is 94.5 Å². The standard InChI is InChI=1S/C24H21ClN2/c1-16-6-4-8-19(12-16)23-15-24(20-9-5-7-17(2)13-20)27(26-23)21-11-10-18(3)22(25)14-21/h4-15H,1-3H3. The molecule has 0 bridgehead atoms. The Labute approximate surface area is 165 Å². The molecule has 0 aliphatic heterocycles. The molecule has 27 heavy (non-hydrogen) atoms. The van der Waals surface area contributed by atoms with Crippen LogP contribution in [-0.2, 0) is 0 Å². The Morgan fingerprint density at radius 2 is 1.41 bits per heavy atom. The monoisotopic (exact) mass is 372 g/mol. The average molecular weight is 373 g/mol. The topological polar surface area (TPSA) is 17.8 Å². The predicted molar refractivity (Wildman–Crippen MR) is 114 cm³/mol. The molecule has 0 spiro atoms. The summed E-state index contributed by atoms with van der Waals surface area (Å²) >= 11 is 6.39. The fourth-order valence-corrected chi connectivity index (χ4v) is 3.42. The second-order valence-electron chi connectivity index (χ2n) is 7.00. The van der Waals surface area contributed by atoms with Crippen LogP contribution in [0.5, 0.6) is 0 Å². The minimum atomic E-state index is 0.746. The molecule has 0 amide bonds. The van der Waals surface area contributed by atoms with Gasteiger partial charge in [-0.2, -0.15) is 5.10 Å². The molecular weight excluding hydrogens is 352 g/mol. The lowest BCUT2D eigenvalue weighted by atomic mass is 10.1. The fourth-order valence-electron chi connectivity index (χ4n) is 3.25. The van der Waals surface area contributed by atoms with Crippen LogP contribution in [0.4, 0.5) is 0 Å². The van der Waals surface area contributed by atoms with E-state index in [1.807, 2.05) is 23.7 Å². The number of benzene rings is 3. The van der Waals surface area contributed by atoms with Crippen LogP contribution in [0.15, 0.2) is 72.8 Å². The molecule has 2 nitrogen and oxygen atoms in total. The summed E-state index contributed by atoms with van der Waals surface area (Å²) in [5, 5.41) is 5.67. The van der Waals surface area contributed by atoms with Gasteiger partial charge in [-0.1, -0.05) is 65.2 Å². The van der Waals surface area contributed by atoms with Crippen LogP contribution in [0.1, 0.15) is 16.7 Å². The first-order valence-electron chi connectivity index (χ1n) is 9.02. The predicted octanol–water partition coefficient (Wildman–Crippen LogP) is 6.78. The number of hydrogen-bond acceptors (Lipinski definition) is 1. The van der Waals surface area contributed by atoms with Crippen LogP contribution in [-0.4, -0.2) is 9.78 Å². The molecule has 1 heterocycles. The fraction of sp³-hybridized carbons (Fsp3) is 0.125. The smallest absolute Gasteiger partial charge is 0.0934 e. The molecule has 0 radical (unpaired) electrons. The quantitative estimate of drug-likeness (QED) is 0.387. The lowest BCUT2D eigenvalue weighted by Gasteiger charge is -2.09. The molecule has 0 aliphatic rings. The van der Waals surface area contributed by atoms with Crippen LogP contribution in [0.2, 0.25) is 5.02 Å². The molecule has 3 heteroatoms. The summed E-state index contributed by atoms with van der Waals surface area (Å²) in [6.45, 7) is 6.21. The number of nitrogens with zero attached hydrogens (tertiary/aromatic N) is 2. The maximum Gasteiger partial charge on any atom is 0.0934 e. The van der Waals surface area contributed by atoms with E-state index in [2.05, 4.69) is 74.5 Å². The minimum absolute atomic E-state index is 0.746. The second kappa shape index (κ2) is 7.05. The van der Waals surface area contributed by atoms with Crippen LogP contribution in [0, 0.1) is 20.8 Å². The van der Waals surface area contributed by atoms with Gasteiger partial charge in [0, 0.05) is 16.1 Å². The van der Waals surface area contributed by atoms with Crippen molar-refractivity contribution in [1.29, 1.82) is 0 Å². The highest BCUT2D eigenvalue weighted by Crippen LogP contribution is 2.30. The van der Waals surface area contributed by atoms with E-state index in [0.29, 0.717) is 0 Å². The molecule has 0 aliphatic carbocycles. The van der Waals surface area contributed by atoms with E-state index in [-0.39, 0.29) is 0 Å². The molecule has 134 valence electrons. The first-order valence-corrected chi connectivity index (χ1v) is 9.40. The van der Waals surface area contributed by atoms with Crippen LogP contribution in [0.3, 0.4) is 0 Å². The molecule has 0 fully saturated rings. The number of aromatic nitrogens is 2. The Bertz CT molecular complexity index is 1120. The Morgan fingerprint density at radius 3 is 2.07 bits per heavy atom. The van der Waals surface area contributed by atoms with Gasteiger partial charge >= 0.3 is 0 Å². The zero-order chi connectivity index (χ0) is 19.0. The van der Waals surface area contributed by atoms with Gasteiger partial charge in [0.05, 0.1) is 17.1 Å². The van der Waals surface area contributed by atoms with Gasteiger partial charge in [0.15, 0.2) is 0 Å². The van der Waals surface area contributed by atoms with E-state index in [1.165, 1.54) is 11.1 Å². The van der Waals surface area contributed by atoms with Crippen molar-refractivity contribution in [3.8, 4) is 28.2 Å². The van der Waals surface area contributed by atoms with Gasteiger partial charge in [-0.05, 0) is 56.7 Å². The van der Waals surface area contributed by atoms with Gasteiger partial charge in [0.1, 0.15) is 0 Å². The SMILES string of the molecule is Cc1cccc(-c2cc(-c3cccc(C)c3)n(-c3ccc(C)c(Cl)c3)n2)c1. The number of rotatable bonds is 3. The largest absolute Gasteiger partial charge is 0.232 e. The van der Waals surface area contributed by atoms with Gasteiger partial charge in [-0.25, -0.2) is 4.68 Å². The zero-order valence-corrected chi connectivity index (χ0v) is 16.5. The van der Waals surface area contributed by atoms with E-state index < -0.39 is 0 Å². The molecule has 1 aromatic heterocycles. The molecule has 0 atom stereocenters. The summed E-state index contributed by atoms with van der Waals surface area (Å²) in [5.41, 5.74) is 8.71. The van der Waals surface area contributed by atoms with Crippen molar-refractivity contribution in [3.63, 3.8) is 0 Å². The lowest BCUT2D eigenvalue weighted by Crippen LogP contribution is -2.00. The van der Waals surface area contributed by atoms with E-state index in [0.717, 1.165) is 38.8 Å². The van der Waals surface area contributed by atoms with Crippen molar-refractivity contribution >= 4 is 11.6 Å². The maximum absolute atomic E-state index is 6.39. The molecular formula is C24H21ClN2. The normalized spacial score (nSPS) is 11.0.